The van der Waals surface area contributed by atoms with Crippen LogP contribution < -0.4 is 4.90 Å². The molecule has 0 amide bonds. The van der Waals surface area contributed by atoms with Crippen LogP contribution in [0.3, 0.4) is 0 Å². The van der Waals surface area contributed by atoms with Crippen LogP contribution in [0.5, 0.6) is 0 Å². The molecule has 0 radical (unpaired) electrons. The second kappa shape index (κ2) is 8.06. The van der Waals surface area contributed by atoms with E-state index in [1.54, 1.807) is 0 Å². The summed E-state index contributed by atoms with van der Waals surface area (Å²) in [4.78, 5) is 14.3. The van der Waals surface area contributed by atoms with E-state index in [1.165, 1.54) is 24.9 Å². The number of carbonyl (C=O) groups is 1. The number of ether oxygens (including phenoxy) is 1. The van der Waals surface area contributed by atoms with E-state index >= 15 is 0 Å². The van der Waals surface area contributed by atoms with Gasteiger partial charge >= 0.3 is 5.97 Å². The van der Waals surface area contributed by atoms with Gasteiger partial charge in [0.25, 0.3) is 0 Å². The zero-order chi connectivity index (χ0) is 15.1. The van der Waals surface area contributed by atoms with E-state index in [0.717, 1.165) is 31.8 Å². The molecule has 1 fully saturated rings. The SMILES string of the molecule is CCCCOC(=O)c1ccc(N2CCC(CC)CC2)cc1. The lowest BCUT2D eigenvalue weighted by Gasteiger charge is -2.33. The lowest BCUT2D eigenvalue weighted by Crippen LogP contribution is -2.33. The van der Waals surface area contributed by atoms with E-state index in [-0.39, 0.29) is 5.97 Å². The van der Waals surface area contributed by atoms with Gasteiger partial charge < -0.3 is 9.64 Å². The molecule has 116 valence electrons. The van der Waals surface area contributed by atoms with Gasteiger partial charge in [0.2, 0.25) is 0 Å². The third-order valence-electron chi connectivity index (χ3n) is 4.39. The van der Waals surface area contributed by atoms with Crippen molar-refractivity contribution in [1.82, 2.24) is 0 Å². The summed E-state index contributed by atoms with van der Waals surface area (Å²) in [7, 11) is 0. The van der Waals surface area contributed by atoms with Crippen molar-refractivity contribution in [2.24, 2.45) is 5.92 Å². The van der Waals surface area contributed by atoms with Gasteiger partial charge in [-0.25, -0.2) is 4.79 Å². The number of hydrogen-bond acceptors (Lipinski definition) is 3. The molecule has 3 heteroatoms. The van der Waals surface area contributed by atoms with Gasteiger partial charge in [-0.05, 0) is 49.4 Å². The topological polar surface area (TPSA) is 29.5 Å². The third-order valence-corrected chi connectivity index (χ3v) is 4.39. The van der Waals surface area contributed by atoms with Gasteiger partial charge in [0.05, 0.1) is 12.2 Å². The fourth-order valence-electron chi connectivity index (χ4n) is 2.80. The molecule has 0 spiro atoms. The molecule has 21 heavy (non-hydrogen) atoms. The van der Waals surface area contributed by atoms with Crippen molar-refractivity contribution in [3.05, 3.63) is 29.8 Å². The van der Waals surface area contributed by atoms with Gasteiger partial charge in [0, 0.05) is 18.8 Å². The molecule has 0 unspecified atom stereocenters. The number of hydrogen-bond donors (Lipinski definition) is 0. The molecule has 2 rings (SSSR count). The van der Waals surface area contributed by atoms with Crippen LogP contribution in [0.15, 0.2) is 24.3 Å². The van der Waals surface area contributed by atoms with Crippen LogP contribution in [0, 0.1) is 5.92 Å². The van der Waals surface area contributed by atoms with Crippen molar-refractivity contribution in [1.29, 1.82) is 0 Å². The van der Waals surface area contributed by atoms with Gasteiger partial charge in [-0.2, -0.15) is 0 Å². The first-order valence-electron chi connectivity index (χ1n) is 8.26. The summed E-state index contributed by atoms with van der Waals surface area (Å²) in [6.45, 7) is 7.13. The number of rotatable bonds is 6. The first kappa shape index (κ1) is 15.9. The fourth-order valence-corrected chi connectivity index (χ4v) is 2.80. The Labute approximate surface area is 128 Å². The minimum atomic E-state index is -0.209. The Morgan fingerprint density at radius 1 is 1.19 bits per heavy atom. The Kier molecular flexibility index (Phi) is 6.09. The summed E-state index contributed by atoms with van der Waals surface area (Å²) in [5, 5.41) is 0. The van der Waals surface area contributed by atoms with Crippen LogP contribution in [-0.2, 0) is 4.74 Å². The molecule has 1 aliphatic rings. The summed E-state index contributed by atoms with van der Waals surface area (Å²) in [5.74, 6) is 0.675. The third kappa shape index (κ3) is 4.48. The van der Waals surface area contributed by atoms with Crippen molar-refractivity contribution in [3.63, 3.8) is 0 Å². The maximum absolute atomic E-state index is 11.9. The fraction of sp³-hybridized carbons (Fsp3) is 0.611. The zero-order valence-corrected chi connectivity index (χ0v) is 13.3. The number of anilines is 1. The van der Waals surface area contributed by atoms with Crippen LogP contribution in [0.1, 0.15) is 56.3 Å². The van der Waals surface area contributed by atoms with E-state index in [2.05, 4.69) is 18.7 Å². The van der Waals surface area contributed by atoms with Gasteiger partial charge in [-0.3, -0.25) is 0 Å². The Bertz CT molecular complexity index is 433. The molecule has 0 saturated carbocycles. The first-order chi connectivity index (χ1) is 10.2. The minimum Gasteiger partial charge on any atom is -0.462 e. The predicted molar refractivity (Wildman–Crippen MR) is 86.9 cm³/mol. The first-order valence-corrected chi connectivity index (χ1v) is 8.26. The smallest absolute Gasteiger partial charge is 0.338 e. The van der Waals surface area contributed by atoms with Crippen LogP contribution in [0.2, 0.25) is 0 Å². The largest absolute Gasteiger partial charge is 0.462 e. The van der Waals surface area contributed by atoms with Crippen molar-refractivity contribution >= 4 is 11.7 Å². The summed E-state index contributed by atoms with van der Waals surface area (Å²) >= 11 is 0. The zero-order valence-electron chi connectivity index (χ0n) is 13.3. The van der Waals surface area contributed by atoms with Crippen molar-refractivity contribution in [2.45, 2.75) is 46.0 Å². The van der Waals surface area contributed by atoms with Crippen LogP contribution in [0.4, 0.5) is 5.69 Å². The summed E-state index contributed by atoms with van der Waals surface area (Å²) in [6.07, 6.45) is 5.81. The highest BCUT2D eigenvalue weighted by molar-refractivity contribution is 5.89. The number of esters is 1. The molecule has 0 aliphatic carbocycles. The molecule has 0 N–H and O–H groups in total. The van der Waals surface area contributed by atoms with Crippen molar-refractivity contribution in [3.8, 4) is 0 Å². The Morgan fingerprint density at radius 2 is 1.86 bits per heavy atom. The standard InChI is InChI=1S/C18H27NO2/c1-3-5-14-21-18(20)16-6-8-17(9-7-16)19-12-10-15(4-2)11-13-19/h6-9,15H,3-5,10-14H2,1-2H3. The van der Waals surface area contributed by atoms with Gasteiger partial charge in [0.1, 0.15) is 0 Å². The summed E-state index contributed by atoms with van der Waals surface area (Å²) in [6, 6.07) is 7.86. The minimum absolute atomic E-state index is 0.209. The number of piperidine rings is 1. The highest BCUT2D eigenvalue weighted by atomic mass is 16.5. The highest BCUT2D eigenvalue weighted by Crippen LogP contribution is 2.25. The summed E-state index contributed by atoms with van der Waals surface area (Å²) in [5.41, 5.74) is 1.87. The average molecular weight is 289 g/mol. The molecule has 1 heterocycles. The Hall–Kier alpha value is -1.51. The maximum atomic E-state index is 11.9. The van der Waals surface area contributed by atoms with Crippen LogP contribution in [-0.4, -0.2) is 25.7 Å². The van der Waals surface area contributed by atoms with Gasteiger partial charge in [0.15, 0.2) is 0 Å². The average Bonchev–Trinajstić information content (AvgIpc) is 2.55. The van der Waals surface area contributed by atoms with E-state index in [9.17, 15) is 4.79 Å². The lowest BCUT2D eigenvalue weighted by atomic mass is 9.94. The van der Waals surface area contributed by atoms with Crippen LogP contribution >= 0.6 is 0 Å². The Balaban J connectivity index is 1.88. The van der Waals surface area contributed by atoms with Gasteiger partial charge in [-0.15, -0.1) is 0 Å². The lowest BCUT2D eigenvalue weighted by molar-refractivity contribution is 0.0500. The van der Waals surface area contributed by atoms with E-state index < -0.39 is 0 Å². The molecular formula is C18H27NO2. The summed E-state index contributed by atoms with van der Waals surface area (Å²) < 4.78 is 5.23. The van der Waals surface area contributed by atoms with Crippen LogP contribution in [0.25, 0.3) is 0 Å². The molecule has 3 nitrogen and oxygen atoms in total. The molecule has 0 atom stereocenters. The van der Waals surface area contributed by atoms with Gasteiger partial charge in [-0.1, -0.05) is 26.7 Å². The molecular weight excluding hydrogens is 262 g/mol. The second-order valence-corrected chi connectivity index (χ2v) is 5.88. The molecule has 0 bridgehead atoms. The van der Waals surface area contributed by atoms with E-state index in [1.807, 2.05) is 24.3 Å². The van der Waals surface area contributed by atoms with E-state index in [4.69, 9.17) is 4.74 Å². The Morgan fingerprint density at radius 3 is 2.43 bits per heavy atom. The maximum Gasteiger partial charge on any atom is 0.338 e. The number of benzene rings is 1. The number of unbranched alkanes of at least 4 members (excludes halogenated alkanes) is 1. The second-order valence-electron chi connectivity index (χ2n) is 5.88. The number of nitrogens with zero attached hydrogens (tertiary/aromatic N) is 1. The normalized spacial score (nSPS) is 16.0. The van der Waals surface area contributed by atoms with E-state index in [0.29, 0.717) is 12.2 Å². The van der Waals surface area contributed by atoms with Crippen molar-refractivity contribution < 1.29 is 9.53 Å². The molecule has 0 aromatic heterocycles. The molecule has 1 aromatic rings. The molecule has 1 aliphatic heterocycles. The molecule has 1 aromatic carbocycles. The molecule has 1 saturated heterocycles. The predicted octanol–water partition coefficient (Wildman–Crippen LogP) is 4.27. The highest BCUT2D eigenvalue weighted by Gasteiger charge is 2.18. The quantitative estimate of drug-likeness (QED) is 0.578. The monoisotopic (exact) mass is 289 g/mol. The van der Waals surface area contributed by atoms with Crippen molar-refractivity contribution in [2.75, 3.05) is 24.6 Å². The number of carbonyl (C=O) groups excluding carboxylic acids is 1.